The van der Waals surface area contributed by atoms with Crippen LogP contribution in [0.4, 0.5) is 5.69 Å². The van der Waals surface area contributed by atoms with Crippen LogP contribution in [0.2, 0.25) is 0 Å². The molecule has 2 aliphatic rings. The lowest BCUT2D eigenvalue weighted by molar-refractivity contribution is -0.143. The number of benzene rings is 2. The van der Waals surface area contributed by atoms with Gasteiger partial charge in [0, 0.05) is 24.3 Å². The number of amides is 2. The first-order chi connectivity index (χ1) is 13.1. The molecule has 5 nitrogen and oxygen atoms in total. The van der Waals surface area contributed by atoms with E-state index >= 15 is 0 Å². The maximum absolute atomic E-state index is 12.9. The number of hydrogen-bond acceptors (Lipinski definition) is 3. The molecule has 140 valence electrons. The van der Waals surface area contributed by atoms with Gasteiger partial charge in [0.2, 0.25) is 0 Å². The van der Waals surface area contributed by atoms with Crippen molar-refractivity contribution in [2.75, 3.05) is 31.1 Å². The molecule has 2 aromatic carbocycles. The fourth-order valence-electron chi connectivity index (χ4n) is 3.96. The average molecular weight is 364 g/mol. The first kappa shape index (κ1) is 17.7. The molecule has 5 heteroatoms. The summed E-state index contributed by atoms with van der Waals surface area (Å²) in [6, 6.07) is 17.4. The van der Waals surface area contributed by atoms with Crippen molar-refractivity contribution >= 4 is 17.5 Å². The molecule has 0 saturated carbocycles. The van der Waals surface area contributed by atoms with Gasteiger partial charge in [0.15, 0.2) is 0 Å². The van der Waals surface area contributed by atoms with Crippen LogP contribution in [0.25, 0.3) is 0 Å². The number of likely N-dealkylation sites (tertiary alicyclic amines) is 1. The van der Waals surface area contributed by atoms with E-state index in [-0.39, 0.29) is 24.0 Å². The molecule has 0 aliphatic carbocycles. The number of anilines is 1. The number of ether oxygens (including phenoxy) is 1. The highest BCUT2D eigenvalue weighted by Crippen LogP contribution is 2.33. The highest BCUT2D eigenvalue weighted by Gasteiger charge is 2.43. The Morgan fingerprint density at radius 2 is 1.67 bits per heavy atom. The quantitative estimate of drug-likeness (QED) is 0.823. The Balaban J connectivity index is 1.46. The van der Waals surface area contributed by atoms with E-state index in [1.807, 2.05) is 71.3 Å². The molecule has 2 amide bonds. The van der Waals surface area contributed by atoms with Gasteiger partial charge in [-0.05, 0) is 43.5 Å². The predicted molar refractivity (Wildman–Crippen MR) is 104 cm³/mol. The molecule has 0 N–H and O–H groups in total. The monoisotopic (exact) mass is 364 g/mol. The maximum Gasteiger partial charge on any atom is 0.254 e. The van der Waals surface area contributed by atoms with Crippen molar-refractivity contribution in [1.82, 2.24) is 4.90 Å². The van der Waals surface area contributed by atoms with Gasteiger partial charge >= 0.3 is 0 Å². The fraction of sp³-hybridized carbons (Fsp3) is 0.364. The summed E-state index contributed by atoms with van der Waals surface area (Å²) in [6.07, 6.45) is 1.47. The number of rotatable bonds is 2. The highest BCUT2D eigenvalue weighted by molar-refractivity contribution is 5.96. The molecule has 2 heterocycles. The Morgan fingerprint density at radius 1 is 1.00 bits per heavy atom. The van der Waals surface area contributed by atoms with E-state index in [2.05, 4.69) is 0 Å². The van der Waals surface area contributed by atoms with Gasteiger partial charge in [-0.15, -0.1) is 0 Å². The van der Waals surface area contributed by atoms with E-state index in [9.17, 15) is 9.59 Å². The maximum atomic E-state index is 12.9. The minimum absolute atomic E-state index is 0.00904. The second-order valence-electron chi connectivity index (χ2n) is 7.39. The smallest absolute Gasteiger partial charge is 0.254 e. The second-order valence-corrected chi connectivity index (χ2v) is 7.39. The predicted octanol–water partition coefficient (Wildman–Crippen LogP) is 3.03. The average Bonchev–Trinajstić information content (AvgIpc) is 2.71. The molecule has 4 rings (SSSR count). The van der Waals surface area contributed by atoms with Gasteiger partial charge in [0.25, 0.3) is 11.8 Å². The third kappa shape index (κ3) is 3.47. The van der Waals surface area contributed by atoms with Crippen molar-refractivity contribution in [2.24, 2.45) is 0 Å². The molecule has 27 heavy (non-hydrogen) atoms. The number of morpholine rings is 1. The number of hydrogen-bond donors (Lipinski definition) is 0. The van der Waals surface area contributed by atoms with Crippen molar-refractivity contribution in [2.45, 2.75) is 25.4 Å². The Bertz CT molecular complexity index is 842. The Hall–Kier alpha value is -2.66. The first-order valence-corrected chi connectivity index (χ1v) is 9.42. The summed E-state index contributed by atoms with van der Waals surface area (Å²) >= 11 is 0. The molecule has 1 spiro atoms. The lowest BCUT2D eigenvalue weighted by atomic mass is 9.88. The van der Waals surface area contributed by atoms with Crippen molar-refractivity contribution < 1.29 is 14.3 Å². The van der Waals surface area contributed by atoms with Crippen LogP contribution in [0.3, 0.4) is 0 Å². The van der Waals surface area contributed by atoms with E-state index in [1.165, 1.54) is 0 Å². The third-order valence-corrected chi connectivity index (χ3v) is 5.65. The topological polar surface area (TPSA) is 49.9 Å². The van der Waals surface area contributed by atoms with Gasteiger partial charge in [0.05, 0.1) is 12.1 Å². The van der Waals surface area contributed by atoms with Gasteiger partial charge in [-0.2, -0.15) is 0 Å². The van der Waals surface area contributed by atoms with Crippen LogP contribution in [0, 0.1) is 6.92 Å². The standard InChI is InChI=1S/C22H24N2O3/c1-17-7-5-6-10-19(17)21(26)23-13-11-22(12-14-23)16-24(20(25)15-27-22)18-8-3-2-4-9-18/h2-10H,11-16H2,1H3. The zero-order valence-electron chi connectivity index (χ0n) is 15.6. The fourth-order valence-corrected chi connectivity index (χ4v) is 3.96. The van der Waals surface area contributed by atoms with Crippen LogP contribution in [0.15, 0.2) is 54.6 Å². The number of carbonyl (C=O) groups is 2. The van der Waals surface area contributed by atoms with E-state index < -0.39 is 0 Å². The number of piperidine rings is 1. The van der Waals surface area contributed by atoms with Crippen LogP contribution >= 0.6 is 0 Å². The number of aryl methyl sites for hydroxylation is 1. The molecule has 2 aromatic rings. The summed E-state index contributed by atoms with van der Waals surface area (Å²) in [4.78, 5) is 28.9. The van der Waals surface area contributed by atoms with Gasteiger partial charge in [-0.3, -0.25) is 9.59 Å². The van der Waals surface area contributed by atoms with E-state index in [0.717, 1.165) is 29.7 Å². The van der Waals surface area contributed by atoms with Gasteiger partial charge in [0.1, 0.15) is 6.61 Å². The molecule has 0 radical (unpaired) electrons. The normalized spacial score (nSPS) is 19.4. The summed E-state index contributed by atoms with van der Waals surface area (Å²) in [5.41, 5.74) is 2.30. The van der Waals surface area contributed by atoms with Crippen LogP contribution in [0.5, 0.6) is 0 Å². The van der Waals surface area contributed by atoms with Crippen molar-refractivity contribution in [1.29, 1.82) is 0 Å². The zero-order valence-corrected chi connectivity index (χ0v) is 15.6. The lowest BCUT2D eigenvalue weighted by Crippen LogP contribution is -2.59. The molecule has 0 bridgehead atoms. The van der Waals surface area contributed by atoms with E-state index in [4.69, 9.17) is 4.74 Å². The number of nitrogens with zero attached hydrogens (tertiary/aromatic N) is 2. The minimum Gasteiger partial charge on any atom is -0.363 e. The summed E-state index contributed by atoms with van der Waals surface area (Å²) in [6.45, 7) is 3.89. The molecular weight excluding hydrogens is 340 g/mol. The molecule has 0 unspecified atom stereocenters. The minimum atomic E-state index is -0.369. The summed E-state index contributed by atoms with van der Waals surface area (Å²) in [5.74, 6) is 0.0694. The van der Waals surface area contributed by atoms with Crippen molar-refractivity contribution in [3.8, 4) is 0 Å². The number of para-hydroxylation sites is 1. The van der Waals surface area contributed by atoms with Gasteiger partial charge < -0.3 is 14.5 Å². The zero-order chi connectivity index (χ0) is 18.9. The van der Waals surface area contributed by atoms with Crippen LogP contribution < -0.4 is 4.90 Å². The second kappa shape index (κ2) is 7.16. The lowest BCUT2D eigenvalue weighted by Gasteiger charge is -2.47. The van der Waals surface area contributed by atoms with Crippen LogP contribution in [0.1, 0.15) is 28.8 Å². The third-order valence-electron chi connectivity index (χ3n) is 5.65. The van der Waals surface area contributed by atoms with Crippen LogP contribution in [-0.4, -0.2) is 48.6 Å². The Labute approximate surface area is 159 Å². The molecule has 2 aliphatic heterocycles. The largest absolute Gasteiger partial charge is 0.363 e. The summed E-state index contributed by atoms with van der Waals surface area (Å²) in [5, 5.41) is 0. The molecule has 2 saturated heterocycles. The van der Waals surface area contributed by atoms with Gasteiger partial charge in [-0.25, -0.2) is 0 Å². The van der Waals surface area contributed by atoms with Crippen molar-refractivity contribution in [3.05, 3.63) is 65.7 Å². The van der Waals surface area contributed by atoms with E-state index in [1.54, 1.807) is 0 Å². The van der Waals surface area contributed by atoms with E-state index in [0.29, 0.717) is 19.6 Å². The van der Waals surface area contributed by atoms with Crippen molar-refractivity contribution in [3.63, 3.8) is 0 Å². The summed E-state index contributed by atoms with van der Waals surface area (Å²) < 4.78 is 6.00. The van der Waals surface area contributed by atoms with Crippen LogP contribution in [-0.2, 0) is 9.53 Å². The molecule has 2 fully saturated rings. The SMILES string of the molecule is Cc1ccccc1C(=O)N1CCC2(CC1)CN(c1ccccc1)C(=O)CO2. The summed E-state index contributed by atoms with van der Waals surface area (Å²) in [7, 11) is 0. The number of carbonyl (C=O) groups excluding carboxylic acids is 2. The first-order valence-electron chi connectivity index (χ1n) is 9.42. The highest BCUT2D eigenvalue weighted by atomic mass is 16.5. The Kier molecular flexibility index (Phi) is 4.70. The van der Waals surface area contributed by atoms with Gasteiger partial charge in [-0.1, -0.05) is 36.4 Å². The Morgan fingerprint density at radius 3 is 2.37 bits per heavy atom. The molecule has 0 atom stereocenters. The molecular formula is C22H24N2O3. The molecule has 0 aromatic heterocycles.